The number of aromatic nitrogens is 3. The molecule has 0 bridgehead atoms. The molecule has 4 nitrogen and oxygen atoms in total. The summed E-state index contributed by atoms with van der Waals surface area (Å²) >= 11 is 0. The van der Waals surface area contributed by atoms with Crippen molar-refractivity contribution in [2.24, 2.45) is 0 Å². The fourth-order valence-electron chi connectivity index (χ4n) is 1.26. The lowest BCUT2D eigenvalue weighted by molar-refractivity contribution is 0.558. The third-order valence-electron chi connectivity index (χ3n) is 1.91. The molecule has 0 aliphatic heterocycles. The van der Waals surface area contributed by atoms with Crippen LogP contribution in [0.5, 0.6) is 0 Å². The first-order valence-corrected chi connectivity index (χ1v) is 4.95. The van der Waals surface area contributed by atoms with Gasteiger partial charge in [0.2, 0.25) is 0 Å². The van der Waals surface area contributed by atoms with Crippen LogP contribution in [0.25, 0.3) is 0 Å². The molecular formula is C9H18N4. The van der Waals surface area contributed by atoms with Crippen molar-refractivity contribution in [3.8, 4) is 0 Å². The van der Waals surface area contributed by atoms with Gasteiger partial charge in [-0.05, 0) is 13.0 Å². The van der Waals surface area contributed by atoms with Crippen molar-refractivity contribution in [1.82, 2.24) is 20.1 Å². The standard InChI is InChI=1S/C9H18N4/c1-3-7-13-9(11-8-12-13)5-6-10-4-2/h8,10H,3-7H2,1-2H3. The number of likely N-dealkylation sites (N-methyl/N-ethyl adjacent to an activating group) is 1. The van der Waals surface area contributed by atoms with E-state index in [2.05, 4.69) is 29.2 Å². The van der Waals surface area contributed by atoms with Crippen LogP contribution in [-0.4, -0.2) is 27.9 Å². The molecule has 4 heteroatoms. The summed E-state index contributed by atoms with van der Waals surface area (Å²) < 4.78 is 1.98. The smallest absolute Gasteiger partial charge is 0.138 e. The molecule has 0 radical (unpaired) electrons. The minimum atomic E-state index is 0.966. The topological polar surface area (TPSA) is 42.7 Å². The summed E-state index contributed by atoms with van der Waals surface area (Å²) in [6, 6.07) is 0. The van der Waals surface area contributed by atoms with Crippen molar-refractivity contribution in [2.75, 3.05) is 13.1 Å². The molecule has 0 aliphatic carbocycles. The Bertz CT molecular complexity index is 231. The third-order valence-corrected chi connectivity index (χ3v) is 1.91. The fraction of sp³-hybridized carbons (Fsp3) is 0.778. The van der Waals surface area contributed by atoms with Crippen molar-refractivity contribution < 1.29 is 0 Å². The normalized spacial score (nSPS) is 10.6. The van der Waals surface area contributed by atoms with Crippen LogP contribution in [0.3, 0.4) is 0 Å². The molecule has 0 fully saturated rings. The Hall–Kier alpha value is -0.900. The zero-order valence-electron chi connectivity index (χ0n) is 8.45. The van der Waals surface area contributed by atoms with Crippen molar-refractivity contribution in [1.29, 1.82) is 0 Å². The van der Waals surface area contributed by atoms with Crippen molar-refractivity contribution in [3.63, 3.8) is 0 Å². The summed E-state index contributed by atoms with van der Waals surface area (Å²) in [5.74, 6) is 1.09. The van der Waals surface area contributed by atoms with E-state index in [4.69, 9.17) is 0 Å². The third kappa shape index (κ3) is 3.14. The highest BCUT2D eigenvalue weighted by Gasteiger charge is 2.01. The van der Waals surface area contributed by atoms with Gasteiger partial charge in [-0.25, -0.2) is 4.98 Å². The molecule has 13 heavy (non-hydrogen) atoms. The Balaban J connectivity index is 2.40. The molecule has 0 spiro atoms. The van der Waals surface area contributed by atoms with Crippen LogP contribution in [0.2, 0.25) is 0 Å². The van der Waals surface area contributed by atoms with E-state index < -0.39 is 0 Å². The molecule has 0 unspecified atom stereocenters. The monoisotopic (exact) mass is 182 g/mol. The first-order valence-electron chi connectivity index (χ1n) is 4.95. The molecule has 74 valence electrons. The van der Waals surface area contributed by atoms with Gasteiger partial charge in [-0.1, -0.05) is 13.8 Å². The molecule has 0 amide bonds. The maximum Gasteiger partial charge on any atom is 0.138 e. The van der Waals surface area contributed by atoms with E-state index in [9.17, 15) is 0 Å². The Labute approximate surface area is 79.4 Å². The molecular weight excluding hydrogens is 164 g/mol. The fourth-order valence-corrected chi connectivity index (χ4v) is 1.26. The quantitative estimate of drug-likeness (QED) is 0.663. The lowest BCUT2D eigenvalue weighted by atomic mass is 10.4. The van der Waals surface area contributed by atoms with Crippen molar-refractivity contribution in [2.45, 2.75) is 33.2 Å². The van der Waals surface area contributed by atoms with Crippen molar-refractivity contribution in [3.05, 3.63) is 12.2 Å². The van der Waals surface area contributed by atoms with E-state index in [1.807, 2.05) is 4.68 Å². The molecule has 0 atom stereocenters. The number of hydrogen-bond donors (Lipinski definition) is 1. The van der Waals surface area contributed by atoms with Gasteiger partial charge in [0.15, 0.2) is 0 Å². The summed E-state index contributed by atoms with van der Waals surface area (Å²) in [5.41, 5.74) is 0. The second-order valence-electron chi connectivity index (χ2n) is 3.00. The van der Waals surface area contributed by atoms with E-state index in [1.54, 1.807) is 6.33 Å². The minimum Gasteiger partial charge on any atom is -0.317 e. The first kappa shape index (κ1) is 10.2. The lowest BCUT2D eigenvalue weighted by Crippen LogP contribution is -2.18. The maximum atomic E-state index is 4.22. The maximum absolute atomic E-state index is 4.22. The van der Waals surface area contributed by atoms with Crippen LogP contribution in [0.1, 0.15) is 26.1 Å². The Kier molecular flexibility index (Phi) is 4.46. The van der Waals surface area contributed by atoms with Gasteiger partial charge in [0.05, 0.1) is 0 Å². The summed E-state index contributed by atoms with van der Waals surface area (Å²) in [4.78, 5) is 4.22. The highest BCUT2D eigenvalue weighted by Crippen LogP contribution is 1.96. The molecule has 1 aromatic rings. The second-order valence-corrected chi connectivity index (χ2v) is 3.00. The molecule has 1 aromatic heterocycles. The largest absolute Gasteiger partial charge is 0.317 e. The van der Waals surface area contributed by atoms with Crippen molar-refractivity contribution >= 4 is 0 Å². The number of hydrogen-bond acceptors (Lipinski definition) is 3. The van der Waals surface area contributed by atoms with Gasteiger partial charge in [-0.15, -0.1) is 0 Å². The Morgan fingerprint density at radius 2 is 2.31 bits per heavy atom. The number of rotatable bonds is 6. The van der Waals surface area contributed by atoms with Gasteiger partial charge in [-0.3, -0.25) is 4.68 Å². The van der Waals surface area contributed by atoms with Gasteiger partial charge in [-0.2, -0.15) is 5.10 Å². The molecule has 1 N–H and O–H groups in total. The molecule has 1 heterocycles. The highest BCUT2D eigenvalue weighted by atomic mass is 15.3. The predicted molar refractivity (Wildman–Crippen MR) is 52.6 cm³/mol. The van der Waals surface area contributed by atoms with E-state index in [-0.39, 0.29) is 0 Å². The van der Waals surface area contributed by atoms with Crippen LogP contribution < -0.4 is 5.32 Å². The summed E-state index contributed by atoms with van der Waals surface area (Å²) in [5, 5.41) is 7.44. The number of aryl methyl sites for hydroxylation is 1. The summed E-state index contributed by atoms with van der Waals surface area (Å²) in [7, 11) is 0. The van der Waals surface area contributed by atoms with Crippen LogP contribution in [0.4, 0.5) is 0 Å². The Morgan fingerprint density at radius 3 is 3.00 bits per heavy atom. The number of nitrogens with zero attached hydrogens (tertiary/aromatic N) is 3. The van der Waals surface area contributed by atoms with E-state index in [1.165, 1.54) is 0 Å². The Morgan fingerprint density at radius 1 is 1.46 bits per heavy atom. The zero-order valence-corrected chi connectivity index (χ0v) is 8.45. The number of nitrogens with one attached hydrogen (secondary N) is 1. The van der Waals surface area contributed by atoms with Gasteiger partial charge in [0.1, 0.15) is 12.2 Å². The van der Waals surface area contributed by atoms with Crippen LogP contribution in [-0.2, 0) is 13.0 Å². The SMILES string of the molecule is CCCn1ncnc1CCNCC. The van der Waals surface area contributed by atoms with Crippen LogP contribution in [0, 0.1) is 0 Å². The van der Waals surface area contributed by atoms with E-state index in [0.717, 1.165) is 38.3 Å². The molecule has 0 saturated heterocycles. The average molecular weight is 182 g/mol. The highest BCUT2D eigenvalue weighted by molar-refractivity contribution is 4.85. The molecule has 1 rings (SSSR count). The van der Waals surface area contributed by atoms with E-state index in [0.29, 0.717) is 0 Å². The first-order chi connectivity index (χ1) is 6.38. The molecule has 0 aliphatic rings. The predicted octanol–water partition coefficient (Wildman–Crippen LogP) is 0.840. The summed E-state index contributed by atoms with van der Waals surface area (Å²) in [6.07, 6.45) is 3.71. The van der Waals surface area contributed by atoms with Crippen LogP contribution in [0.15, 0.2) is 6.33 Å². The molecule has 0 saturated carbocycles. The molecule has 0 aromatic carbocycles. The van der Waals surface area contributed by atoms with Crippen LogP contribution >= 0.6 is 0 Å². The minimum absolute atomic E-state index is 0.966. The lowest BCUT2D eigenvalue weighted by Gasteiger charge is -2.04. The zero-order chi connectivity index (χ0) is 9.52. The van der Waals surface area contributed by atoms with Gasteiger partial charge < -0.3 is 5.32 Å². The van der Waals surface area contributed by atoms with E-state index >= 15 is 0 Å². The van der Waals surface area contributed by atoms with Gasteiger partial charge in [0.25, 0.3) is 0 Å². The average Bonchev–Trinajstić information content (AvgIpc) is 2.54. The van der Waals surface area contributed by atoms with Gasteiger partial charge >= 0.3 is 0 Å². The summed E-state index contributed by atoms with van der Waals surface area (Å²) in [6.45, 7) is 7.23. The van der Waals surface area contributed by atoms with Gasteiger partial charge in [0, 0.05) is 19.5 Å². The second kappa shape index (κ2) is 5.70.